The average Bonchev–Trinajstić information content (AvgIpc) is 2.64. The van der Waals surface area contributed by atoms with Gasteiger partial charge in [-0.25, -0.2) is 0 Å². The quantitative estimate of drug-likeness (QED) is 0.710. The fourth-order valence-corrected chi connectivity index (χ4v) is 4.66. The molecule has 2 aromatic rings. The second kappa shape index (κ2) is 8.98. The molecule has 3 rings (SSSR count). The first-order valence-electron chi connectivity index (χ1n) is 10.3. The molecule has 0 radical (unpaired) electrons. The summed E-state index contributed by atoms with van der Waals surface area (Å²) in [6.45, 7) is 11.3. The Morgan fingerprint density at radius 3 is 2.38 bits per heavy atom. The van der Waals surface area contributed by atoms with E-state index in [4.69, 9.17) is 11.2 Å². The number of nitrogens with one attached hydrogen (secondary N) is 1. The van der Waals surface area contributed by atoms with Crippen molar-refractivity contribution in [2.75, 3.05) is 6.61 Å². The van der Waals surface area contributed by atoms with Gasteiger partial charge in [-0.1, -0.05) is 18.1 Å². The SMILES string of the molecule is C#CCOc1cccc(CN(Cc2ccncc2)C2CC(C)(C)NC(C)(C)C2)c1. The number of hydrogen-bond donors (Lipinski definition) is 1. The lowest BCUT2D eigenvalue weighted by Crippen LogP contribution is -2.62. The molecule has 154 valence electrons. The van der Waals surface area contributed by atoms with Crippen molar-refractivity contribution in [2.45, 2.75) is 70.7 Å². The molecule has 0 aliphatic carbocycles. The highest BCUT2D eigenvalue weighted by molar-refractivity contribution is 5.29. The fourth-order valence-electron chi connectivity index (χ4n) is 4.66. The van der Waals surface area contributed by atoms with Gasteiger partial charge in [0.1, 0.15) is 12.4 Å². The Balaban J connectivity index is 1.84. The molecule has 2 heterocycles. The summed E-state index contributed by atoms with van der Waals surface area (Å²) in [7, 11) is 0. The number of hydrogen-bond acceptors (Lipinski definition) is 4. The molecule has 1 aromatic carbocycles. The minimum absolute atomic E-state index is 0.0979. The van der Waals surface area contributed by atoms with Crippen molar-refractivity contribution in [3.05, 3.63) is 59.9 Å². The molecule has 0 atom stereocenters. The summed E-state index contributed by atoms with van der Waals surface area (Å²) >= 11 is 0. The van der Waals surface area contributed by atoms with E-state index in [1.54, 1.807) is 0 Å². The first-order valence-corrected chi connectivity index (χ1v) is 10.3. The van der Waals surface area contributed by atoms with E-state index in [-0.39, 0.29) is 11.1 Å². The zero-order chi connectivity index (χ0) is 20.9. The molecule has 4 heteroatoms. The zero-order valence-corrected chi connectivity index (χ0v) is 18.1. The number of pyridine rings is 1. The van der Waals surface area contributed by atoms with Crippen molar-refractivity contribution in [3.8, 4) is 18.1 Å². The summed E-state index contributed by atoms with van der Waals surface area (Å²) in [5.41, 5.74) is 2.72. The van der Waals surface area contributed by atoms with Crippen LogP contribution in [0, 0.1) is 12.3 Å². The van der Waals surface area contributed by atoms with Crippen LogP contribution in [0.5, 0.6) is 5.75 Å². The largest absolute Gasteiger partial charge is 0.481 e. The Hall–Kier alpha value is -2.35. The van der Waals surface area contributed by atoms with Crippen molar-refractivity contribution >= 4 is 0 Å². The van der Waals surface area contributed by atoms with E-state index in [9.17, 15) is 0 Å². The van der Waals surface area contributed by atoms with E-state index in [0.29, 0.717) is 12.6 Å². The Morgan fingerprint density at radius 2 is 1.72 bits per heavy atom. The van der Waals surface area contributed by atoms with Gasteiger partial charge in [0, 0.05) is 42.6 Å². The van der Waals surface area contributed by atoms with Gasteiger partial charge in [-0.3, -0.25) is 9.88 Å². The van der Waals surface area contributed by atoms with Gasteiger partial charge in [-0.15, -0.1) is 6.42 Å². The lowest BCUT2D eigenvalue weighted by molar-refractivity contribution is 0.0563. The van der Waals surface area contributed by atoms with E-state index in [0.717, 1.165) is 31.7 Å². The summed E-state index contributed by atoms with van der Waals surface area (Å²) in [6.07, 6.45) is 11.3. The molecule has 4 nitrogen and oxygen atoms in total. The Morgan fingerprint density at radius 1 is 1.07 bits per heavy atom. The second-order valence-electron chi connectivity index (χ2n) is 9.36. The Labute approximate surface area is 175 Å². The molecular weight excluding hydrogens is 358 g/mol. The smallest absolute Gasteiger partial charge is 0.148 e. The van der Waals surface area contributed by atoms with Gasteiger partial charge >= 0.3 is 0 Å². The molecule has 0 saturated carbocycles. The van der Waals surface area contributed by atoms with Crippen LogP contribution in [0.2, 0.25) is 0 Å². The minimum Gasteiger partial charge on any atom is -0.481 e. The van der Waals surface area contributed by atoms with Crippen LogP contribution >= 0.6 is 0 Å². The van der Waals surface area contributed by atoms with Crippen LogP contribution in [0.4, 0.5) is 0 Å². The average molecular weight is 392 g/mol. The third kappa shape index (κ3) is 6.32. The first kappa shape index (κ1) is 21.4. The number of aromatic nitrogens is 1. The van der Waals surface area contributed by atoms with E-state index in [2.05, 4.69) is 73.1 Å². The lowest BCUT2D eigenvalue weighted by atomic mass is 9.79. The van der Waals surface area contributed by atoms with Gasteiger partial charge in [0.2, 0.25) is 0 Å². The van der Waals surface area contributed by atoms with Gasteiger partial charge in [0.25, 0.3) is 0 Å². The van der Waals surface area contributed by atoms with E-state index in [1.165, 1.54) is 11.1 Å². The van der Waals surface area contributed by atoms with Gasteiger partial charge in [0.15, 0.2) is 0 Å². The van der Waals surface area contributed by atoms with Gasteiger partial charge in [0.05, 0.1) is 0 Å². The van der Waals surface area contributed by atoms with E-state index < -0.39 is 0 Å². The number of rotatable bonds is 7. The molecule has 1 aliphatic heterocycles. The lowest BCUT2D eigenvalue weighted by Gasteiger charge is -2.49. The highest BCUT2D eigenvalue weighted by atomic mass is 16.5. The molecule has 1 N–H and O–H groups in total. The van der Waals surface area contributed by atoms with E-state index >= 15 is 0 Å². The van der Waals surface area contributed by atoms with Crippen LogP contribution in [-0.2, 0) is 13.1 Å². The summed E-state index contributed by atoms with van der Waals surface area (Å²) in [5.74, 6) is 3.36. The maximum Gasteiger partial charge on any atom is 0.148 e. The topological polar surface area (TPSA) is 37.4 Å². The molecule has 0 spiro atoms. The third-order valence-corrected chi connectivity index (χ3v) is 5.43. The monoisotopic (exact) mass is 391 g/mol. The molecule has 0 unspecified atom stereocenters. The van der Waals surface area contributed by atoms with Crippen molar-refractivity contribution in [3.63, 3.8) is 0 Å². The maximum atomic E-state index is 5.63. The van der Waals surface area contributed by atoms with E-state index in [1.807, 2.05) is 24.5 Å². The second-order valence-corrected chi connectivity index (χ2v) is 9.36. The Bertz CT molecular complexity index is 823. The van der Waals surface area contributed by atoms with Gasteiger partial charge < -0.3 is 10.1 Å². The molecular formula is C25H33N3O. The molecule has 0 bridgehead atoms. The van der Waals surface area contributed by atoms with Gasteiger partial charge in [-0.2, -0.15) is 0 Å². The number of benzene rings is 1. The first-order chi connectivity index (χ1) is 13.8. The normalized spacial score (nSPS) is 18.3. The Kier molecular flexibility index (Phi) is 6.62. The molecule has 1 saturated heterocycles. The summed E-state index contributed by atoms with van der Waals surface area (Å²) in [5, 5.41) is 3.80. The van der Waals surface area contributed by atoms with Crippen molar-refractivity contribution in [2.24, 2.45) is 0 Å². The molecule has 29 heavy (non-hydrogen) atoms. The number of ether oxygens (including phenoxy) is 1. The molecule has 1 aliphatic rings. The van der Waals surface area contributed by atoms with Crippen molar-refractivity contribution in [1.82, 2.24) is 15.2 Å². The number of piperidine rings is 1. The third-order valence-electron chi connectivity index (χ3n) is 5.43. The summed E-state index contributed by atoms with van der Waals surface area (Å²) < 4.78 is 5.63. The maximum absolute atomic E-state index is 5.63. The summed E-state index contributed by atoms with van der Waals surface area (Å²) in [6, 6.07) is 13.0. The standard InChI is InChI=1S/C25H33N3O/c1-6-14-29-23-9-7-8-21(15-23)19-28(18-20-10-12-26-13-11-20)22-16-24(2,3)27-25(4,5)17-22/h1,7-13,15,22,27H,14,16-19H2,2-5H3. The minimum atomic E-state index is 0.0979. The van der Waals surface area contributed by atoms with Crippen molar-refractivity contribution < 1.29 is 4.74 Å². The molecule has 1 aromatic heterocycles. The van der Waals surface area contributed by atoms with Crippen LogP contribution in [0.15, 0.2) is 48.8 Å². The number of terminal acetylenes is 1. The van der Waals surface area contributed by atoms with Crippen LogP contribution in [-0.4, -0.2) is 33.6 Å². The van der Waals surface area contributed by atoms with Crippen molar-refractivity contribution in [1.29, 1.82) is 0 Å². The number of nitrogens with zero attached hydrogens (tertiary/aromatic N) is 2. The summed E-state index contributed by atoms with van der Waals surface area (Å²) in [4.78, 5) is 6.77. The highest BCUT2D eigenvalue weighted by Crippen LogP contribution is 2.33. The molecule has 1 fully saturated rings. The molecule has 0 amide bonds. The zero-order valence-electron chi connectivity index (χ0n) is 18.1. The van der Waals surface area contributed by atoms with Crippen LogP contribution in [0.3, 0.4) is 0 Å². The van der Waals surface area contributed by atoms with Crippen LogP contribution < -0.4 is 10.1 Å². The fraction of sp³-hybridized carbons (Fsp3) is 0.480. The predicted octanol–water partition coefficient (Wildman–Crippen LogP) is 4.41. The van der Waals surface area contributed by atoms with Crippen LogP contribution in [0.1, 0.15) is 51.7 Å². The highest BCUT2D eigenvalue weighted by Gasteiger charge is 2.39. The van der Waals surface area contributed by atoms with Gasteiger partial charge in [-0.05, 0) is 75.9 Å². The predicted molar refractivity (Wildman–Crippen MR) is 119 cm³/mol. The van der Waals surface area contributed by atoms with Crippen LogP contribution in [0.25, 0.3) is 0 Å².